The van der Waals surface area contributed by atoms with Crippen molar-refractivity contribution in [3.8, 4) is 17.6 Å². The summed E-state index contributed by atoms with van der Waals surface area (Å²) in [6.45, 7) is 1.52. The highest BCUT2D eigenvalue weighted by atomic mass is 19.1. The summed E-state index contributed by atoms with van der Waals surface area (Å²) in [5.41, 5.74) is 5.83. The first-order valence-corrected chi connectivity index (χ1v) is 5.88. The van der Waals surface area contributed by atoms with Crippen molar-refractivity contribution in [3.63, 3.8) is 0 Å². The van der Waals surface area contributed by atoms with Crippen LogP contribution in [0.2, 0.25) is 0 Å². The van der Waals surface area contributed by atoms with Crippen LogP contribution >= 0.6 is 0 Å². The Morgan fingerprint density at radius 1 is 1.28 bits per heavy atom. The molecule has 1 aromatic rings. The van der Waals surface area contributed by atoms with Gasteiger partial charge in [0.05, 0.1) is 18.7 Å². The molecule has 0 unspecified atom stereocenters. The van der Waals surface area contributed by atoms with Gasteiger partial charge in [-0.25, -0.2) is 4.39 Å². The first-order chi connectivity index (χ1) is 8.77. The predicted molar refractivity (Wildman–Crippen MR) is 68.9 cm³/mol. The Morgan fingerprint density at radius 2 is 2.06 bits per heavy atom. The number of rotatable bonds is 6. The molecular weight excluding hydrogens is 233 g/mol. The number of hydrogen-bond donors (Lipinski definition) is 1. The van der Waals surface area contributed by atoms with Crippen LogP contribution in [-0.2, 0) is 4.74 Å². The third-order valence-electron chi connectivity index (χ3n) is 2.27. The fourth-order valence-electron chi connectivity index (χ4n) is 1.40. The Morgan fingerprint density at radius 3 is 2.78 bits per heavy atom. The molecule has 0 atom stereocenters. The van der Waals surface area contributed by atoms with Crippen molar-refractivity contribution >= 4 is 0 Å². The zero-order valence-corrected chi connectivity index (χ0v) is 10.5. The van der Waals surface area contributed by atoms with Crippen LogP contribution in [0, 0.1) is 17.7 Å². The molecule has 0 aromatic heterocycles. The number of nitrogens with two attached hydrogens (primary N) is 1. The number of methoxy groups -OCH3 is 1. The van der Waals surface area contributed by atoms with Crippen LogP contribution in [0.5, 0.6) is 5.75 Å². The third kappa shape index (κ3) is 5.17. The first-order valence-electron chi connectivity index (χ1n) is 5.88. The third-order valence-corrected chi connectivity index (χ3v) is 2.27. The van der Waals surface area contributed by atoms with Crippen LogP contribution in [0.25, 0.3) is 0 Å². The molecule has 4 heteroatoms. The summed E-state index contributed by atoms with van der Waals surface area (Å²) < 4.78 is 23.6. The second-order valence-corrected chi connectivity index (χ2v) is 3.69. The molecule has 0 heterocycles. The molecule has 0 aliphatic heterocycles. The standard InChI is InChI=1S/C14H18FNO2/c1-17-9-2-3-10-18-14-7-6-13(15)11-12(14)5-4-8-16/h6-7,11H,2-3,8-10,16H2,1H3. The zero-order chi connectivity index (χ0) is 13.2. The molecule has 0 aliphatic carbocycles. The Bertz CT molecular complexity index is 424. The quantitative estimate of drug-likeness (QED) is 0.620. The maximum absolute atomic E-state index is 13.1. The van der Waals surface area contributed by atoms with Crippen molar-refractivity contribution in [2.75, 3.05) is 26.9 Å². The van der Waals surface area contributed by atoms with Gasteiger partial charge < -0.3 is 15.2 Å². The van der Waals surface area contributed by atoms with E-state index in [1.54, 1.807) is 13.2 Å². The molecule has 0 fully saturated rings. The molecule has 0 saturated heterocycles. The van der Waals surface area contributed by atoms with Crippen molar-refractivity contribution in [1.82, 2.24) is 0 Å². The van der Waals surface area contributed by atoms with E-state index in [2.05, 4.69) is 11.8 Å². The summed E-state index contributed by atoms with van der Waals surface area (Å²) in [7, 11) is 1.67. The van der Waals surface area contributed by atoms with Gasteiger partial charge in [-0.1, -0.05) is 11.8 Å². The van der Waals surface area contributed by atoms with Crippen LogP contribution in [-0.4, -0.2) is 26.9 Å². The van der Waals surface area contributed by atoms with Gasteiger partial charge >= 0.3 is 0 Å². The van der Waals surface area contributed by atoms with E-state index in [1.165, 1.54) is 12.1 Å². The summed E-state index contributed by atoms with van der Waals surface area (Å²) in [5.74, 6) is 5.76. The molecule has 1 rings (SSSR count). The van der Waals surface area contributed by atoms with E-state index in [0.29, 0.717) is 24.5 Å². The van der Waals surface area contributed by atoms with Crippen molar-refractivity contribution in [2.24, 2.45) is 5.73 Å². The second-order valence-electron chi connectivity index (χ2n) is 3.69. The number of ether oxygens (including phenoxy) is 2. The van der Waals surface area contributed by atoms with E-state index in [1.807, 2.05) is 0 Å². The zero-order valence-electron chi connectivity index (χ0n) is 10.5. The molecule has 18 heavy (non-hydrogen) atoms. The van der Waals surface area contributed by atoms with Gasteiger partial charge in [0, 0.05) is 13.7 Å². The number of hydrogen-bond acceptors (Lipinski definition) is 3. The maximum Gasteiger partial charge on any atom is 0.135 e. The van der Waals surface area contributed by atoms with Crippen molar-refractivity contribution in [3.05, 3.63) is 29.6 Å². The van der Waals surface area contributed by atoms with Gasteiger partial charge in [0.25, 0.3) is 0 Å². The Balaban J connectivity index is 2.58. The molecule has 0 radical (unpaired) electrons. The lowest BCUT2D eigenvalue weighted by atomic mass is 10.2. The van der Waals surface area contributed by atoms with Gasteiger partial charge in [0.1, 0.15) is 11.6 Å². The van der Waals surface area contributed by atoms with Gasteiger partial charge in [-0.2, -0.15) is 0 Å². The summed E-state index contributed by atoms with van der Waals surface area (Å²) in [5, 5.41) is 0. The van der Waals surface area contributed by atoms with Crippen LogP contribution in [0.1, 0.15) is 18.4 Å². The molecule has 3 nitrogen and oxygen atoms in total. The van der Waals surface area contributed by atoms with Crippen LogP contribution < -0.4 is 10.5 Å². The van der Waals surface area contributed by atoms with E-state index in [0.717, 1.165) is 12.8 Å². The lowest BCUT2D eigenvalue weighted by molar-refractivity contribution is 0.184. The minimum Gasteiger partial charge on any atom is -0.492 e. The van der Waals surface area contributed by atoms with E-state index in [4.69, 9.17) is 15.2 Å². The Labute approximate surface area is 107 Å². The minimum atomic E-state index is -0.331. The number of unbranched alkanes of at least 4 members (excludes halogenated alkanes) is 1. The molecule has 1 aromatic carbocycles. The highest BCUT2D eigenvalue weighted by Crippen LogP contribution is 2.19. The predicted octanol–water partition coefficient (Wildman–Crippen LogP) is 1.94. The summed E-state index contributed by atoms with van der Waals surface area (Å²) in [4.78, 5) is 0. The van der Waals surface area contributed by atoms with Crippen LogP contribution in [0.15, 0.2) is 18.2 Å². The smallest absolute Gasteiger partial charge is 0.135 e. The molecule has 0 amide bonds. The summed E-state index contributed by atoms with van der Waals surface area (Å²) in [6, 6.07) is 4.30. The molecule has 0 saturated carbocycles. The lowest BCUT2D eigenvalue weighted by Crippen LogP contribution is -2.01. The van der Waals surface area contributed by atoms with Gasteiger partial charge in [-0.3, -0.25) is 0 Å². The lowest BCUT2D eigenvalue weighted by Gasteiger charge is -2.08. The topological polar surface area (TPSA) is 44.5 Å². The minimum absolute atomic E-state index is 0.240. The van der Waals surface area contributed by atoms with Crippen molar-refractivity contribution < 1.29 is 13.9 Å². The largest absolute Gasteiger partial charge is 0.492 e. The van der Waals surface area contributed by atoms with E-state index >= 15 is 0 Å². The van der Waals surface area contributed by atoms with Gasteiger partial charge in [-0.05, 0) is 31.0 Å². The highest BCUT2D eigenvalue weighted by Gasteiger charge is 2.03. The van der Waals surface area contributed by atoms with E-state index in [-0.39, 0.29) is 12.4 Å². The molecular formula is C14H18FNO2. The SMILES string of the molecule is COCCCCOc1ccc(F)cc1C#CCN. The molecule has 98 valence electrons. The fourth-order valence-corrected chi connectivity index (χ4v) is 1.40. The van der Waals surface area contributed by atoms with Gasteiger partial charge in [-0.15, -0.1) is 0 Å². The summed E-state index contributed by atoms with van der Waals surface area (Å²) >= 11 is 0. The molecule has 0 bridgehead atoms. The number of benzene rings is 1. The molecule has 2 N–H and O–H groups in total. The van der Waals surface area contributed by atoms with Crippen LogP contribution in [0.3, 0.4) is 0 Å². The average molecular weight is 251 g/mol. The Kier molecular flexibility index (Phi) is 6.85. The van der Waals surface area contributed by atoms with Crippen molar-refractivity contribution in [1.29, 1.82) is 0 Å². The second kappa shape index (κ2) is 8.51. The molecule has 0 spiro atoms. The monoisotopic (exact) mass is 251 g/mol. The van der Waals surface area contributed by atoms with Gasteiger partial charge in [0.2, 0.25) is 0 Å². The Hall–Kier alpha value is -1.57. The van der Waals surface area contributed by atoms with Crippen LogP contribution in [0.4, 0.5) is 4.39 Å². The van der Waals surface area contributed by atoms with E-state index in [9.17, 15) is 4.39 Å². The average Bonchev–Trinajstić information content (AvgIpc) is 2.38. The van der Waals surface area contributed by atoms with Gasteiger partial charge in [0.15, 0.2) is 0 Å². The van der Waals surface area contributed by atoms with Crippen molar-refractivity contribution in [2.45, 2.75) is 12.8 Å². The first kappa shape index (κ1) is 14.5. The normalized spacial score (nSPS) is 9.72. The summed E-state index contributed by atoms with van der Waals surface area (Å²) in [6.07, 6.45) is 1.82. The maximum atomic E-state index is 13.1. The highest BCUT2D eigenvalue weighted by molar-refractivity contribution is 5.46. The fraction of sp³-hybridized carbons (Fsp3) is 0.429. The molecule has 0 aliphatic rings. The number of halogens is 1. The van der Waals surface area contributed by atoms with E-state index < -0.39 is 0 Å².